The van der Waals surface area contributed by atoms with E-state index in [1.807, 2.05) is 28.9 Å². The third-order valence-electron chi connectivity index (χ3n) is 3.83. The number of nitrogens with one attached hydrogen (secondary N) is 1. The molecule has 2 aromatic rings. The van der Waals surface area contributed by atoms with Gasteiger partial charge in [-0.25, -0.2) is 4.98 Å². The molecule has 3 rings (SSSR count). The molecule has 0 radical (unpaired) electrons. The average molecular weight is 293 g/mol. The molecule has 4 nitrogen and oxygen atoms in total. The Hall–Kier alpha value is -1.10. The lowest BCUT2D eigenvalue weighted by molar-refractivity contribution is 0.298. The number of rotatable bonds is 5. The molecule has 1 N–H and O–H groups in total. The summed E-state index contributed by atoms with van der Waals surface area (Å²) < 4.78 is 1.98. The van der Waals surface area contributed by atoms with Crippen molar-refractivity contribution >= 4 is 17.2 Å². The van der Waals surface area contributed by atoms with Gasteiger partial charge in [-0.2, -0.15) is 0 Å². The number of pyridine rings is 1. The van der Waals surface area contributed by atoms with Gasteiger partial charge in [0, 0.05) is 31.5 Å². The average Bonchev–Trinajstić information content (AvgIpc) is 3.04. The molecule has 1 aliphatic heterocycles. The van der Waals surface area contributed by atoms with E-state index in [-0.39, 0.29) is 0 Å². The molecule has 0 aromatic carbocycles. The van der Waals surface area contributed by atoms with Gasteiger partial charge in [-0.3, -0.25) is 0 Å². The molecule has 3 heterocycles. The van der Waals surface area contributed by atoms with Gasteiger partial charge in [0.1, 0.15) is 5.65 Å². The first-order valence-corrected chi connectivity index (χ1v) is 7.67. The topological polar surface area (TPSA) is 32.6 Å². The van der Waals surface area contributed by atoms with Crippen LogP contribution in [0.25, 0.3) is 5.65 Å². The summed E-state index contributed by atoms with van der Waals surface area (Å²) in [6.45, 7) is 6.66. The third kappa shape index (κ3) is 3.32. The summed E-state index contributed by atoms with van der Waals surface area (Å²) >= 11 is 5.98. The number of likely N-dealkylation sites (tertiary alicyclic amines) is 1. The van der Waals surface area contributed by atoms with E-state index in [1.165, 1.54) is 25.9 Å². The number of imidazole rings is 1. The molecule has 20 heavy (non-hydrogen) atoms. The Bertz CT molecular complexity index is 574. The quantitative estimate of drug-likeness (QED) is 0.919. The summed E-state index contributed by atoms with van der Waals surface area (Å²) in [7, 11) is 0. The van der Waals surface area contributed by atoms with Crippen LogP contribution in [-0.4, -0.2) is 40.0 Å². The third-order valence-corrected chi connectivity index (χ3v) is 4.05. The minimum absolute atomic E-state index is 0.488. The molecule has 0 spiro atoms. The van der Waals surface area contributed by atoms with Crippen LogP contribution in [0.15, 0.2) is 24.5 Å². The van der Waals surface area contributed by atoms with Gasteiger partial charge >= 0.3 is 0 Å². The van der Waals surface area contributed by atoms with Gasteiger partial charge in [-0.05, 0) is 45.0 Å². The van der Waals surface area contributed by atoms with Crippen molar-refractivity contribution < 1.29 is 0 Å². The summed E-state index contributed by atoms with van der Waals surface area (Å²) in [6.07, 6.45) is 6.62. The van der Waals surface area contributed by atoms with Crippen LogP contribution in [0.3, 0.4) is 0 Å². The molecule has 108 valence electrons. The molecule has 0 aliphatic carbocycles. The van der Waals surface area contributed by atoms with Gasteiger partial charge in [0.25, 0.3) is 0 Å². The maximum Gasteiger partial charge on any atom is 0.137 e. The SMILES string of the molecule is CC(CN1CCCC1)NCc1cn2cc(Cl)ccc2n1. The van der Waals surface area contributed by atoms with Crippen LogP contribution in [0.2, 0.25) is 5.02 Å². The van der Waals surface area contributed by atoms with E-state index in [2.05, 4.69) is 22.1 Å². The molecule has 1 aliphatic rings. The summed E-state index contributed by atoms with van der Waals surface area (Å²) in [5.74, 6) is 0. The molecule has 0 bridgehead atoms. The lowest BCUT2D eigenvalue weighted by Crippen LogP contribution is -2.37. The van der Waals surface area contributed by atoms with E-state index in [0.717, 1.165) is 29.5 Å². The Morgan fingerprint density at radius 1 is 1.30 bits per heavy atom. The number of nitrogens with zero attached hydrogens (tertiary/aromatic N) is 3. The van der Waals surface area contributed by atoms with Gasteiger partial charge in [0.05, 0.1) is 10.7 Å². The van der Waals surface area contributed by atoms with E-state index in [9.17, 15) is 0 Å². The minimum atomic E-state index is 0.488. The van der Waals surface area contributed by atoms with Crippen molar-refractivity contribution in [1.82, 2.24) is 19.6 Å². The van der Waals surface area contributed by atoms with Crippen LogP contribution >= 0.6 is 11.6 Å². The highest BCUT2D eigenvalue weighted by Crippen LogP contribution is 2.12. The predicted molar refractivity (Wildman–Crippen MR) is 82.2 cm³/mol. The monoisotopic (exact) mass is 292 g/mol. The summed E-state index contributed by atoms with van der Waals surface area (Å²) in [4.78, 5) is 7.11. The minimum Gasteiger partial charge on any atom is -0.307 e. The smallest absolute Gasteiger partial charge is 0.137 e. The maximum absolute atomic E-state index is 5.98. The number of aromatic nitrogens is 2. The Morgan fingerprint density at radius 3 is 2.90 bits per heavy atom. The Labute approximate surface area is 124 Å². The second-order valence-corrected chi connectivity index (χ2v) is 6.07. The van der Waals surface area contributed by atoms with Gasteiger partial charge in [-0.1, -0.05) is 11.6 Å². The second kappa shape index (κ2) is 6.12. The number of halogens is 1. The van der Waals surface area contributed by atoms with Crippen LogP contribution in [0.5, 0.6) is 0 Å². The van der Waals surface area contributed by atoms with E-state index < -0.39 is 0 Å². The Balaban J connectivity index is 1.56. The van der Waals surface area contributed by atoms with E-state index in [0.29, 0.717) is 6.04 Å². The van der Waals surface area contributed by atoms with Crippen molar-refractivity contribution in [1.29, 1.82) is 0 Å². The van der Waals surface area contributed by atoms with E-state index in [1.54, 1.807) is 0 Å². The second-order valence-electron chi connectivity index (χ2n) is 5.63. The number of fused-ring (bicyclic) bond motifs is 1. The normalized spacial score (nSPS) is 17.9. The molecular weight excluding hydrogens is 272 g/mol. The Morgan fingerprint density at radius 2 is 2.10 bits per heavy atom. The van der Waals surface area contributed by atoms with Crippen molar-refractivity contribution in [3.05, 3.63) is 35.2 Å². The fourth-order valence-corrected chi connectivity index (χ4v) is 2.97. The zero-order chi connectivity index (χ0) is 13.9. The molecule has 1 atom stereocenters. The molecule has 2 aromatic heterocycles. The standard InChI is InChI=1S/C15H21ClN4/c1-12(9-19-6-2-3-7-19)17-8-14-11-20-10-13(16)4-5-15(20)18-14/h4-5,10-12,17H,2-3,6-9H2,1H3. The van der Waals surface area contributed by atoms with Crippen LogP contribution in [0.1, 0.15) is 25.5 Å². The molecule has 5 heteroatoms. The van der Waals surface area contributed by atoms with Crippen LogP contribution in [0.4, 0.5) is 0 Å². The number of hydrogen-bond acceptors (Lipinski definition) is 3. The fourth-order valence-electron chi connectivity index (χ4n) is 2.80. The van der Waals surface area contributed by atoms with Gasteiger partial charge in [0.15, 0.2) is 0 Å². The maximum atomic E-state index is 5.98. The van der Waals surface area contributed by atoms with Gasteiger partial charge < -0.3 is 14.6 Å². The summed E-state index contributed by atoms with van der Waals surface area (Å²) in [5.41, 5.74) is 2.00. The highest BCUT2D eigenvalue weighted by atomic mass is 35.5. The fraction of sp³-hybridized carbons (Fsp3) is 0.533. The zero-order valence-electron chi connectivity index (χ0n) is 11.8. The van der Waals surface area contributed by atoms with Crippen molar-refractivity contribution in [2.24, 2.45) is 0 Å². The molecule has 0 amide bonds. The first kappa shape index (κ1) is 13.9. The van der Waals surface area contributed by atoms with E-state index >= 15 is 0 Å². The molecule has 1 saturated heterocycles. The first-order valence-electron chi connectivity index (χ1n) is 7.29. The van der Waals surface area contributed by atoms with Gasteiger partial charge in [0.2, 0.25) is 0 Å². The number of hydrogen-bond donors (Lipinski definition) is 1. The largest absolute Gasteiger partial charge is 0.307 e. The van der Waals surface area contributed by atoms with Crippen LogP contribution < -0.4 is 5.32 Å². The van der Waals surface area contributed by atoms with E-state index in [4.69, 9.17) is 11.6 Å². The molecular formula is C15H21ClN4. The highest BCUT2D eigenvalue weighted by molar-refractivity contribution is 6.30. The van der Waals surface area contributed by atoms with Gasteiger partial charge in [-0.15, -0.1) is 0 Å². The highest BCUT2D eigenvalue weighted by Gasteiger charge is 2.14. The predicted octanol–water partition coefficient (Wildman–Crippen LogP) is 2.56. The lowest BCUT2D eigenvalue weighted by atomic mass is 10.3. The van der Waals surface area contributed by atoms with Crippen molar-refractivity contribution in [2.45, 2.75) is 32.4 Å². The Kier molecular flexibility index (Phi) is 4.24. The van der Waals surface area contributed by atoms with Crippen molar-refractivity contribution in [3.63, 3.8) is 0 Å². The summed E-state index contributed by atoms with van der Waals surface area (Å²) in [5, 5.41) is 4.28. The lowest BCUT2D eigenvalue weighted by Gasteiger charge is -2.20. The zero-order valence-corrected chi connectivity index (χ0v) is 12.6. The van der Waals surface area contributed by atoms with Crippen molar-refractivity contribution in [3.8, 4) is 0 Å². The summed E-state index contributed by atoms with van der Waals surface area (Å²) in [6, 6.07) is 4.30. The van der Waals surface area contributed by atoms with Crippen molar-refractivity contribution in [2.75, 3.05) is 19.6 Å². The molecule has 0 saturated carbocycles. The molecule has 1 unspecified atom stereocenters. The van der Waals surface area contributed by atoms with Crippen LogP contribution in [0, 0.1) is 0 Å². The van der Waals surface area contributed by atoms with Crippen LogP contribution in [-0.2, 0) is 6.54 Å². The molecule has 1 fully saturated rings. The first-order chi connectivity index (χ1) is 9.70.